The van der Waals surface area contributed by atoms with Crippen molar-refractivity contribution in [2.24, 2.45) is 0 Å². The van der Waals surface area contributed by atoms with Crippen molar-refractivity contribution >= 4 is 46.9 Å². The van der Waals surface area contributed by atoms with Crippen LogP contribution in [0.5, 0.6) is 5.75 Å². The predicted octanol–water partition coefficient (Wildman–Crippen LogP) is 6.90. The smallest absolute Gasteiger partial charge is 0.335 e. The zero-order valence-corrected chi connectivity index (χ0v) is 25.7. The van der Waals surface area contributed by atoms with E-state index in [1.165, 1.54) is 17.2 Å². The van der Waals surface area contributed by atoms with E-state index in [2.05, 4.69) is 40.4 Å². The zero-order valence-electron chi connectivity index (χ0n) is 24.9. The van der Waals surface area contributed by atoms with Gasteiger partial charge in [-0.3, -0.25) is 14.9 Å². The molecule has 0 unspecified atom stereocenters. The molecule has 0 saturated carbocycles. The monoisotopic (exact) mass is 627 g/mol. The second kappa shape index (κ2) is 12.2. The standard InChI is InChI=1S/C38H30ClN3O4/c1-2-19-46-34-14-13-27(39)20-26(34)21-33-36(43)40-38(45)42(37(33)44)28-22-31-29(24-9-5-3-6-10-24)15-17-41-18-16-30(32(23-28)35(31)41)25-11-7-4-8-12-25/h1,3-14,20-23,29-30H,15-19H2,(H,40,43,45)/b33-21+/t29-,30+. The minimum absolute atomic E-state index is 0.0113. The number of anilines is 2. The number of urea groups is 1. The van der Waals surface area contributed by atoms with Gasteiger partial charge in [-0.15, -0.1) is 6.42 Å². The average Bonchev–Trinajstić information content (AvgIpc) is 3.07. The quantitative estimate of drug-likeness (QED) is 0.143. The Morgan fingerprint density at radius 3 is 2.07 bits per heavy atom. The number of nitrogens with one attached hydrogen (secondary N) is 1. The summed E-state index contributed by atoms with van der Waals surface area (Å²) >= 11 is 6.26. The van der Waals surface area contributed by atoms with Crippen LogP contribution in [0, 0.1) is 12.3 Å². The van der Waals surface area contributed by atoms with Crippen LogP contribution < -0.4 is 19.9 Å². The van der Waals surface area contributed by atoms with E-state index in [0.29, 0.717) is 22.0 Å². The van der Waals surface area contributed by atoms with E-state index in [0.717, 1.165) is 47.6 Å². The summed E-state index contributed by atoms with van der Waals surface area (Å²) in [7, 11) is 0. The largest absolute Gasteiger partial charge is 0.480 e. The van der Waals surface area contributed by atoms with Crippen LogP contribution >= 0.6 is 11.6 Å². The molecule has 1 saturated heterocycles. The van der Waals surface area contributed by atoms with Gasteiger partial charge in [0.25, 0.3) is 11.8 Å². The number of barbiturate groups is 1. The third-order valence-corrected chi connectivity index (χ3v) is 9.18. The third-order valence-electron chi connectivity index (χ3n) is 8.94. The molecule has 8 heteroatoms. The molecular formula is C38H30ClN3O4. The van der Waals surface area contributed by atoms with E-state index < -0.39 is 17.8 Å². The molecule has 228 valence electrons. The van der Waals surface area contributed by atoms with Gasteiger partial charge in [0, 0.05) is 41.2 Å². The lowest BCUT2D eigenvalue weighted by molar-refractivity contribution is -0.122. The van der Waals surface area contributed by atoms with Crippen LogP contribution in [0.25, 0.3) is 6.08 Å². The topological polar surface area (TPSA) is 79.0 Å². The number of imide groups is 2. The maximum absolute atomic E-state index is 14.2. The van der Waals surface area contributed by atoms with Gasteiger partial charge in [0.15, 0.2) is 0 Å². The van der Waals surface area contributed by atoms with Gasteiger partial charge in [-0.05, 0) is 71.5 Å². The highest BCUT2D eigenvalue weighted by molar-refractivity contribution is 6.39. The van der Waals surface area contributed by atoms with Crippen LogP contribution in [0.3, 0.4) is 0 Å². The number of amides is 4. The maximum Gasteiger partial charge on any atom is 0.335 e. The summed E-state index contributed by atoms with van der Waals surface area (Å²) in [4.78, 5) is 44.3. The van der Waals surface area contributed by atoms with E-state index in [9.17, 15) is 14.4 Å². The normalized spacial score (nSPS) is 19.8. The van der Waals surface area contributed by atoms with E-state index in [4.69, 9.17) is 22.8 Å². The number of hydrogen-bond donors (Lipinski definition) is 1. The number of nitrogens with zero attached hydrogens (tertiary/aromatic N) is 2. The highest BCUT2D eigenvalue weighted by Crippen LogP contribution is 2.50. The van der Waals surface area contributed by atoms with Gasteiger partial charge < -0.3 is 9.64 Å². The molecule has 3 aliphatic heterocycles. The van der Waals surface area contributed by atoms with Crippen molar-refractivity contribution < 1.29 is 19.1 Å². The first-order valence-corrected chi connectivity index (χ1v) is 15.6. The molecule has 7 rings (SSSR count). The summed E-state index contributed by atoms with van der Waals surface area (Å²) in [5, 5.41) is 2.76. The third kappa shape index (κ3) is 5.31. The fraction of sp³-hybridized carbons (Fsp3) is 0.184. The first kappa shape index (κ1) is 29.4. The van der Waals surface area contributed by atoms with Crippen LogP contribution in [-0.2, 0) is 9.59 Å². The fourth-order valence-electron chi connectivity index (χ4n) is 6.90. The Kier molecular flexibility index (Phi) is 7.81. The highest BCUT2D eigenvalue weighted by Gasteiger charge is 2.40. The van der Waals surface area contributed by atoms with Crippen molar-refractivity contribution in [3.05, 3.63) is 129 Å². The number of terminal acetylenes is 1. The minimum Gasteiger partial charge on any atom is -0.480 e. The fourth-order valence-corrected chi connectivity index (χ4v) is 7.08. The van der Waals surface area contributed by atoms with E-state index in [1.807, 2.05) is 48.5 Å². The summed E-state index contributed by atoms with van der Waals surface area (Å²) in [6, 6.07) is 28.6. The summed E-state index contributed by atoms with van der Waals surface area (Å²) in [5.74, 6) is 1.37. The predicted molar refractivity (Wildman–Crippen MR) is 179 cm³/mol. The maximum atomic E-state index is 14.2. The van der Waals surface area contributed by atoms with Crippen molar-refractivity contribution in [3.8, 4) is 18.1 Å². The summed E-state index contributed by atoms with van der Waals surface area (Å²) in [5.41, 5.74) is 6.22. The van der Waals surface area contributed by atoms with Crippen LogP contribution in [0.2, 0.25) is 5.02 Å². The number of rotatable bonds is 6. The molecule has 4 amide bonds. The van der Waals surface area contributed by atoms with E-state index in [-0.39, 0.29) is 24.0 Å². The van der Waals surface area contributed by atoms with Gasteiger partial charge in [-0.2, -0.15) is 0 Å². The number of halogens is 1. The SMILES string of the molecule is C#CCOc1ccc(Cl)cc1/C=C1\C(=O)NC(=O)N(c2cc3c4c(c2)[C@H](c2ccccc2)CCN4CC[C@@H]3c2ccccc2)C1=O. The van der Waals surface area contributed by atoms with Gasteiger partial charge in [0.05, 0.1) is 5.69 Å². The van der Waals surface area contributed by atoms with Crippen molar-refractivity contribution in [1.29, 1.82) is 0 Å². The molecule has 3 aliphatic rings. The summed E-state index contributed by atoms with van der Waals surface area (Å²) in [6.45, 7) is 1.81. The Labute approximate surface area is 272 Å². The van der Waals surface area contributed by atoms with Crippen LogP contribution in [0.1, 0.15) is 52.5 Å². The van der Waals surface area contributed by atoms with Gasteiger partial charge >= 0.3 is 6.03 Å². The van der Waals surface area contributed by atoms with E-state index >= 15 is 0 Å². The molecule has 1 N–H and O–H groups in total. The molecule has 0 aliphatic carbocycles. The molecule has 7 nitrogen and oxygen atoms in total. The molecule has 46 heavy (non-hydrogen) atoms. The van der Waals surface area contributed by atoms with Crippen molar-refractivity contribution in [1.82, 2.24) is 5.32 Å². The van der Waals surface area contributed by atoms with Crippen molar-refractivity contribution in [2.45, 2.75) is 24.7 Å². The Bertz CT molecular complexity index is 1860. The first-order valence-electron chi connectivity index (χ1n) is 15.2. The second-order valence-corrected chi connectivity index (χ2v) is 12.0. The molecule has 0 spiro atoms. The van der Waals surface area contributed by atoms with Crippen molar-refractivity contribution in [2.75, 3.05) is 29.5 Å². The number of carbonyl (C=O) groups excluding carboxylic acids is 3. The summed E-state index contributed by atoms with van der Waals surface area (Å²) in [6.07, 6.45) is 8.56. The van der Waals surface area contributed by atoms with Crippen molar-refractivity contribution in [3.63, 3.8) is 0 Å². The van der Waals surface area contributed by atoms with Crippen LogP contribution in [0.15, 0.2) is 96.6 Å². The van der Waals surface area contributed by atoms with Gasteiger partial charge in [-0.1, -0.05) is 78.2 Å². The summed E-state index contributed by atoms with van der Waals surface area (Å²) < 4.78 is 5.64. The molecule has 0 aromatic heterocycles. The molecular weight excluding hydrogens is 598 g/mol. The number of ether oxygens (including phenoxy) is 1. The molecule has 1 fully saturated rings. The highest BCUT2D eigenvalue weighted by atomic mass is 35.5. The molecule has 2 atom stereocenters. The lowest BCUT2D eigenvalue weighted by Crippen LogP contribution is -2.54. The number of carbonyl (C=O) groups is 3. The second-order valence-electron chi connectivity index (χ2n) is 11.6. The minimum atomic E-state index is -0.802. The van der Waals surface area contributed by atoms with Gasteiger partial charge in [0.1, 0.15) is 17.9 Å². The molecule has 3 heterocycles. The molecule has 4 aromatic rings. The Morgan fingerprint density at radius 2 is 1.48 bits per heavy atom. The Morgan fingerprint density at radius 1 is 0.870 bits per heavy atom. The molecule has 0 bridgehead atoms. The van der Waals surface area contributed by atoms with Gasteiger partial charge in [-0.25, -0.2) is 9.69 Å². The first-order chi connectivity index (χ1) is 22.4. The lowest BCUT2D eigenvalue weighted by atomic mass is 9.76. The lowest BCUT2D eigenvalue weighted by Gasteiger charge is -2.44. The number of hydrogen-bond acceptors (Lipinski definition) is 5. The average molecular weight is 628 g/mol. The zero-order chi connectivity index (χ0) is 31.8. The van der Waals surface area contributed by atoms with Gasteiger partial charge in [0.2, 0.25) is 0 Å². The molecule has 4 aromatic carbocycles. The number of benzene rings is 4. The van der Waals surface area contributed by atoms with Crippen LogP contribution in [0.4, 0.5) is 16.2 Å². The Hall–Kier alpha value is -5.32. The molecule has 0 radical (unpaired) electrons. The van der Waals surface area contributed by atoms with E-state index in [1.54, 1.807) is 18.2 Å². The Balaban J connectivity index is 1.38. The van der Waals surface area contributed by atoms with Crippen LogP contribution in [-0.4, -0.2) is 37.5 Å².